The number of esters is 1. The Morgan fingerprint density at radius 2 is 2.12 bits per heavy atom. The predicted octanol–water partition coefficient (Wildman–Crippen LogP) is 2.20. The molecule has 0 aromatic rings. The fourth-order valence-corrected chi connectivity index (χ4v) is 2.19. The topological polar surface area (TPSA) is 46.5 Å². The van der Waals surface area contributed by atoms with Crippen LogP contribution in [-0.4, -0.2) is 23.8 Å². The van der Waals surface area contributed by atoms with E-state index in [1.54, 1.807) is 6.92 Å². The second-order valence-corrected chi connectivity index (χ2v) is 4.15. The highest BCUT2D eigenvalue weighted by molar-refractivity contribution is 5.89. The summed E-state index contributed by atoms with van der Waals surface area (Å²) >= 11 is 0. The Bertz CT molecular complexity index is 284. The van der Waals surface area contributed by atoms with Crippen LogP contribution in [0.5, 0.6) is 0 Å². The maximum Gasteiger partial charge on any atom is 0.344 e. The van der Waals surface area contributed by atoms with Gasteiger partial charge in [0.05, 0.1) is 12.7 Å². The fraction of sp³-hybridized carbons (Fsp3) is 0.692. The van der Waals surface area contributed by atoms with Crippen LogP contribution in [0, 0.1) is 5.92 Å². The molecule has 1 atom stereocenters. The van der Waals surface area contributed by atoms with E-state index in [4.69, 9.17) is 4.74 Å². The van der Waals surface area contributed by atoms with Gasteiger partial charge in [0.15, 0.2) is 0 Å². The van der Waals surface area contributed by atoms with Crippen LogP contribution in [0.15, 0.2) is 17.9 Å². The summed E-state index contributed by atoms with van der Waals surface area (Å²) in [5.41, 5.74) is 2.71. The van der Waals surface area contributed by atoms with Crippen LogP contribution in [0.25, 0.3) is 0 Å². The van der Waals surface area contributed by atoms with Gasteiger partial charge in [-0.3, -0.25) is 0 Å². The Morgan fingerprint density at radius 1 is 1.50 bits per heavy atom. The Balaban J connectivity index is 2.65. The molecule has 1 rings (SSSR count). The molecule has 90 valence electrons. The first-order valence-electron chi connectivity index (χ1n) is 5.95. The summed E-state index contributed by atoms with van der Waals surface area (Å²) < 4.78 is 4.87. The van der Waals surface area contributed by atoms with Crippen molar-refractivity contribution in [3.63, 3.8) is 0 Å². The lowest BCUT2D eigenvalue weighted by Gasteiger charge is -2.26. The van der Waals surface area contributed by atoms with Gasteiger partial charge in [-0.25, -0.2) is 4.79 Å². The standard InChI is InChI=1S/C13H20O3/c1-3-11(13(15)16-4-2)12(14)10-8-6-5-7-9-10/h10,12,14H,1,4-9H2,2H3. The van der Waals surface area contributed by atoms with Crippen molar-refractivity contribution < 1.29 is 14.6 Å². The van der Waals surface area contributed by atoms with E-state index in [2.05, 4.69) is 12.3 Å². The fourth-order valence-electron chi connectivity index (χ4n) is 2.19. The zero-order valence-corrected chi connectivity index (χ0v) is 9.87. The highest BCUT2D eigenvalue weighted by Crippen LogP contribution is 2.29. The predicted molar refractivity (Wildman–Crippen MR) is 61.9 cm³/mol. The molecular formula is C13H20O3. The first-order chi connectivity index (χ1) is 7.70. The maximum atomic E-state index is 11.5. The molecule has 0 aromatic carbocycles. The molecule has 0 aliphatic heterocycles. The third-order valence-electron chi connectivity index (χ3n) is 3.08. The molecule has 1 N–H and O–H groups in total. The maximum absolute atomic E-state index is 11.5. The van der Waals surface area contributed by atoms with Gasteiger partial charge < -0.3 is 9.84 Å². The lowest BCUT2D eigenvalue weighted by Crippen LogP contribution is -2.29. The van der Waals surface area contributed by atoms with Crippen LogP contribution in [0.4, 0.5) is 0 Å². The van der Waals surface area contributed by atoms with Crippen LogP contribution in [0.3, 0.4) is 0 Å². The molecule has 0 bridgehead atoms. The van der Waals surface area contributed by atoms with Gasteiger partial charge in [0.25, 0.3) is 0 Å². The monoisotopic (exact) mass is 224 g/mol. The number of rotatable bonds is 4. The molecule has 0 radical (unpaired) electrons. The van der Waals surface area contributed by atoms with Gasteiger partial charge >= 0.3 is 5.97 Å². The Hall–Kier alpha value is -1.05. The summed E-state index contributed by atoms with van der Waals surface area (Å²) in [6.07, 6.45) is 4.62. The highest BCUT2D eigenvalue weighted by atomic mass is 16.5. The van der Waals surface area contributed by atoms with E-state index >= 15 is 0 Å². The van der Waals surface area contributed by atoms with Crippen molar-refractivity contribution in [2.45, 2.75) is 45.1 Å². The molecule has 0 spiro atoms. The number of ether oxygens (including phenoxy) is 1. The molecule has 0 aromatic heterocycles. The lowest BCUT2D eigenvalue weighted by atomic mass is 9.83. The highest BCUT2D eigenvalue weighted by Gasteiger charge is 2.28. The van der Waals surface area contributed by atoms with Gasteiger partial charge in [-0.1, -0.05) is 25.8 Å². The van der Waals surface area contributed by atoms with Crippen molar-refractivity contribution in [1.29, 1.82) is 0 Å². The molecular weight excluding hydrogens is 204 g/mol. The van der Waals surface area contributed by atoms with Crippen molar-refractivity contribution in [1.82, 2.24) is 0 Å². The summed E-state index contributed by atoms with van der Waals surface area (Å²) in [6.45, 7) is 5.51. The van der Waals surface area contributed by atoms with Crippen molar-refractivity contribution >= 4 is 5.97 Å². The third-order valence-corrected chi connectivity index (χ3v) is 3.08. The molecule has 1 aliphatic rings. The van der Waals surface area contributed by atoms with Gasteiger partial charge in [0.2, 0.25) is 0 Å². The molecule has 3 nitrogen and oxygen atoms in total. The zero-order valence-electron chi connectivity index (χ0n) is 9.87. The third kappa shape index (κ3) is 3.22. The minimum atomic E-state index is -0.767. The minimum absolute atomic E-state index is 0.155. The van der Waals surface area contributed by atoms with Gasteiger partial charge in [0.1, 0.15) is 5.57 Å². The van der Waals surface area contributed by atoms with Gasteiger partial charge in [-0.2, -0.15) is 0 Å². The van der Waals surface area contributed by atoms with E-state index in [1.807, 2.05) is 0 Å². The quantitative estimate of drug-likeness (QED) is 0.452. The van der Waals surface area contributed by atoms with Gasteiger partial charge in [-0.05, 0) is 25.7 Å². The van der Waals surface area contributed by atoms with Gasteiger partial charge in [0, 0.05) is 0 Å². The van der Waals surface area contributed by atoms with E-state index in [1.165, 1.54) is 6.42 Å². The summed E-state index contributed by atoms with van der Waals surface area (Å²) in [5, 5.41) is 10.1. The number of carbonyl (C=O) groups is 1. The summed E-state index contributed by atoms with van der Waals surface area (Å²) in [5.74, 6) is -0.335. The first-order valence-corrected chi connectivity index (χ1v) is 5.95. The van der Waals surface area contributed by atoms with Crippen LogP contribution >= 0.6 is 0 Å². The smallest absolute Gasteiger partial charge is 0.344 e. The molecule has 0 saturated heterocycles. The second kappa shape index (κ2) is 6.51. The first kappa shape index (κ1) is 13.0. The molecule has 0 amide bonds. The number of aliphatic hydroxyl groups excluding tert-OH is 1. The Morgan fingerprint density at radius 3 is 2.62 bits per heavy atom. The molecule has 1 fully saturated rings. The van der Waals surface area contributed by atoms with E-state index in [-0.39, 0.29) is 11.5 Å². The molecule has 1 aliphatic carbocycles. The van der Waals surface area contributed by atoms with Crippen LogP contribution in [-0.2, 0) is 9.53 Å². The van der Waals surface area contributed by atoms with E-state index in [0.29, 0.717) is 6.61 Å². The SMILES string of the molecule is C=C=C(C(=O)OCC)C(O)C1CCCCC1. The van der Waals surface area contributed by atoms with E-state index in [0.717, 1.165) is 25.7 Å². The normalized spacial score (nSPS) is 18.6. The van der Waals surface area contributed by atoms with E-state index < -0.39 is 12.1 Å². The molecule has 1 saturated carbocycles. The molecule has 1 unspecified atom stereocenters. The number of hydrogen-bond acceptors (Lipinski definition) is 3. The number of aliphatic hydroxyl groups is 1. The van der Waals surface area contributed by atoms with E-state index in [9.17, 15) is 9.90 Å². The lowest BCUT2D eigenvalue weighted by molar-refractivity contribution is -0.140. The Kier molecular flexibility index (Phi) is 5.30. The summed E-state index contributed by atoms with van der Waals surface area (Å²) in [7, 11) is 0. The van der Waals surface area contributed by atoms with Crippen molar-refractivity contribution in [3.8, 4) is 0 Å². The second-order valence-electron chi connectivity index (χ2n) is 4.15. The average molecular weight is 224 g/mol. The number of hydrogen-bond donors (Lipinski definition) is 1. The van der Waals surface area contributed by atoms with Crippen LogP contribution < -0.4 is 0 Å². The summed E-state index contributed by atoms with van der Waals surface area (Å²) in [4.78, 5) is 11.5. The van der Waals surface area contributed by atoms with Crippen molar-refractivity contribution in [2.75, 3.05) is 6.61 Å². The van der Waals surface area contributed by atoms with Crippen molar-refractivity contribution in [2.24, 2.45) is 5.92 Å². The average Bonchev–Trinajstić information content (AvgIpc) is 2.31. The minimum Gasteiger partial charge on any atom is -0.462 e. The molecule has 16 heavy (non-hydrogen) atoms. The Labute approximate surface area is 96.8 Å². The van der Waals surface area contributed by atoms with Crippen LogP contribution in [0.1, 0.15) is 39.0 Å². The molecule has 3 heteroatoms. The van der Waals surface area contributed by atoms with Crippen molar-refractivity contribution in [3.05, 3.63) is 17.9 Å². The van der Waals surface area contributed by atoms with Crippen LogP contribution in [0.2, 0.25) is 0 Å². The largest absolute Gasteiger partial charge is 0.462 e. The van der Waals surface area contributed by atoms with Gasteiger partial charge in [-0.15, -0.1) is 5.73 Å². The molecule has 0 heterocycles. The number of carbonyl (C=O) groups excluding carboxylic acids is 1. The zero-order chi connectivity index (χ0) is 12.0. The summed E-state index contributed by atoms with van der Waals surface area (Å²) in [6, 6.07) is 0.